The van der Waals surface area contributed by atoms with Crippen molar-refractivity contribution in [3.63, 3.8) is 0 Å². The number of hydroxylamine groups is 2. The minimum absolute atomic E-state index is 0.0326. The van der Waals surface area contributed by atoms with Gasteiger partial charge in [-0.2, -0.15) is 0 Å². The number of carbonyl (C=O) groups excluding carboxylic acids is 5. The molecule has 1 aliphatic carbocycles. The lowest BCUT2D eigenvalue weighted by molar-refractivity contribution is -0.288. The van der Waals surface area contributed by atoms with Gasteiger partial charge in [0.25, 0.3) is 0 Å². The SMILES string of the molecule is COC1CC(=O)C2(CCN(OC(=O)[C@](C)(N)Cc3ccccc3)[C@@]2(OC(=O)[C@](C)(N)Cc2ccccc2)C(=O)OCc2ccccc2)C1=O. The highest BCUT2D eigenvalue weighted by atomic mass is 16.8. The summed E-state index contributed by atoms with van der Waals surface area (Å²) in [6.07, 6.45) is -2.01. The van der Waals surface area contributed by atoms with Crippen LogP contribution in [0.4, 0.5) is 0 Å². The van der Waals surface area contributed by atoms with Crippen LogP contribution in [0.1, 0.15) is 43.4 Å². The molecule has 2 aliphatic rings. The van der Waals surface area contributed by atoms with Crippen molar-refractivity contribution in [2.75, 3.05) is 13.7 Å². The smallest absolute Gasteiger partial charge is 0.371 e. The Morgan fingerprint density at radius 1 is 0.796 bits per heavy atom. The molecule has 0 radical (unpaired) electrons. The van der Waals surface area contributed by atoms with E-state index in [0.717, 1.165) is 10.6 Å². The molecule has 2 unspecified atom stereocenters. The van der Waals surface area contributed by atoms with Crippen molar-refractivity contribution in [2.24, 2.45) is 16.9 Å². The van der Waals surface area contributed by atoms with E-state index in [4.69, 9.17) is 30.5 Å². The van der Waals surface area contributed by atoms with Gasteiger partial charge in [-0.05, 0) is 37.0 Å². The van der Waals surface area contributed by atoms with E-state index in [0.29, 0.717) is 11.1 Å². The zero-order valence-corrected chi connectivity index (χ0v) is 27.8. The zero-order chi connectivity index (χ0) is 35.5. The normalized spacial score (nSPS) is 24.6. The fraction of sp³-hybridized carbons (Fsp3) is 0.378. The first kappa shape index (κ1) is 35.6. The molecule has 12 heteroatoms. The first-order valence-corrected chi connectivity index (χ1v) is 16.0. The number of ketones is 2. The van der Waals surface area contributed by atoms with Gasteiger partial charge in [-0.1, -0.05) is 96.1 Å². The van der Waals surface area contributed by atoms with Gasteiger partial charge in [0.2, 0.25) is 0 Å². The largest absolute Gasteiger partial charge is 0.457 e. The zero-order valence-electron chi connectivity index (χ0n) is 27.8. The van der Waals surface area contributed by atoms with Gasteiger partial charge in [0, 0.05) is 32.9 Å². The standard InChI is InChI=1S/C37H41N3O9/c1-34(38,22-25-13-7-4-8-14-25)31(43)48-37(33(45)47-24-27-17-11-6-12-18-27)36(29(41)21-28(46-3)30(36)42)19-20-40(37)49-32(44)35(2,39)23-26-15-9-5-10-16-26/h4-18,28H,19-24,38-39H2,1-3H3/t28?,34-,35-,36?,37-/m1/s1. The van der Waals surface area contributed by atoms with Crippen molar-refractivity contribution < 1.29 is 43.0 Å². The minimum Gasteiger partial charge on any atom is -0.457 e. The van der Waals surface area contributed by atoms with Crippen LogP contribution >= 0.6 is 0 Å². The Labute approximate surface area is 284 Å². The lowest BCUT2D eigenvalue weighted by Gasteiger charge is -2.43. The van der Waals surface area contributed by atoms with E-state index in [-0.39, 0.29) is 32.4 Å². The monoisotopic (exact) mass is 671 g/mol. The topological polar surface area (TPSA) is 178 Å². The molecule has 0 aromatic heterocycles. The molecule has 3 aromatic carbocycles. The molecule has 258 valence electrons. The number of esters is 2. The van der Waals surface area contributed by atoms with E-state index < -0.39 is 64.2 Å². The van der Waals surface area contributed by atoms with Crippen LogP contribution in [0.5, 0.6) is 0 Å². The van der Waals surface area contributed by atoms with Crippen LogP contribution in [0.2, 0.25) is 0 Å². The number of nitrogens with zero attached hydrogens (tertiary/aromatic N) is 1. The summed E-state index contributed by atoms with van der Waals surface area (Å²) in [5, 5.41) is 0.753. The molecular formula is C37H41N3O9. The van der Waals surface area contributed by atoms with Gasteiger partial charge < -0.3 is 30.5 Å². The highest BCUT2D eigenvalue weighted by Crippen LogP contribution is 2.54. The summed E-state index contributed by atoms with van der Waals surface area (Å²) < 4.78 is 17.1. The van der Waals surface area contributed by atoms with E-state index >= 15 is 0 Å². The Balaban J connectivity index is 1.59. The van der Waals surface area contributed by atoms with Crippen LogP contribution in [0.25, 0.3) is 0 Å². The van der Waals surface area contributed by atoms with E-state index in [2.05, 4.69) is 0 Å². The molecule has 1 spiro atoms. The number of hydrogen-bond donors (Lipinski definition) is 2. The van der Waals surface area contributed by atoms with Gasteiger partial charge in [0.05, 0.1) is 0 Å². The van der Waals surface area contributed by atoms with Crippen LogP contribution in [0, 0.1) is 5.41 Å². The first-order valence-electron chi connectivity index (χ1n) is 16.0. The molecular weight excluding hydrogens is 630 g/mol. The summed E-state index contributed by atoms with van der Waals surface area (Å²) in [6.45, 7) is 2.16. The Kier molecular flexibility index (Phi) is 10.2. The number of nitrogens with two attached hydrogens (primary N) is 2. The van der Waals surface area contributed by atoms with Crippen molar-refractivity contribution in [1.29, 1.82) is 0 Å². The molecule has 1 aliphatic heterocycles. The second-order valence-electron chi connectivity index (χ2n) is 13.1. The molecule has 5 atom stereocenters. The maximum atomic E-state index is 14.6. The first-order chi connectivity index (χ1) is 23.3. The van der Waals surface area contributed by atoms with Crippen molar-refractivity contribution in [2.45, 2.75) is 69.0 Å². The van der Waals surface area contributed by atoms with Crippen LogP contribution in [-0.2, 0) is 62.5 Å². The van der Waals surface area contributed by atoms with Gasteiger partial charge in [-0.3, -0.25) is 9.59 Å². The highest BCUT2D eigenvalue weighted by molar-refractivity contribution is 6.20. The van der Waals surface area contributed by atoms with Crippen molar-refractivity contribution in [3.8, 4) is 0 Å². The molecule has 3 aromatic rings. The highest BCUT2D eigenvalue weighted by Gasteiger charge is 2.80. The maximum Gasteiger partial charge on any atom is 0.371 e. The third-order valence-corrected chi connectivity index (χ3v) is 9.15. The number of benzene rings is 3. The molecule has 2 fully saturated rings. The van der Waals surface area contributed by atoms with E-state index in [1.807, 2.05) is 6.07 Å². The van der Waals surface area contributed by atoms with Crippen molar-refractivity contribution in [3.05, 3.63) is 108 Å². The fourth-order valence-electron chi connectivity index (χ4n) is 6.49. The molecule has 1 saturated heterocycles. The number of Topliss-reactive ketones (excluding diaryl/α,β-unsaturated/α-hetero) is 2. The van der Waals surface area contributed by atoms with Crippen molar-refractivity contribution in [1.82, 2.24) is 5.06 Å². The minimum atomic E-state index is -2.91. The van der Waals surface area contributed by atoms with Gasteiger partial charge >= 0.3 is 23.6 Å². The predicted molar refractivity (Wildman–Crippen MR) is 176 cm³/mol. The average Bonchev–Trinajstić information content (AvgIpc) is 3.54. The maximum absolute atomic E-state index is 14.6. The summed E-state index contributed by atoms with van der Waals surface area (Å²) in [7, 11) is 1.25. The fourth-order valence-corrected chi connectivity index (χ4v) is 6.49. The summed E-state index contributed by atoms with van der Waals surface area (Å²) in [4.78, 5) is 76.7. The van der Waals surface area contributed by atoms with Gasteiger partial charge in [-0.25, -0.2) is 14.4 Å². The Morgan fingerprint density at radius 2 is 1.29 bits per heavy atom. The number of carbonyl (C=O) groups is 5. The number of methoxy groups -OCH3 is 1. The second kappa shape index (κ2) is 14.0. The van der Waals surface area contributed by atoms with Crippen LogP contribution in [0.15, 0.2) is 91.0 Å². The molecule has 4 N–H and O–H groups in total. The van der Waals surface area contributed by atoms with Crippen LogP contribution < -0.4 is 11.5 Å². The molecule has 49 heavy (non-hydrogen) atoms. The molecule has 12 nitrogen and oxygen atoms in total. The van der Waals surface area contributed by atoms with E-state index in [1.165, 1.54) is 21.0 Å². The number of rotatable bonds is 12. The van der Waals surface area contributed by atoms with Gasteiger partial charge in [-0.15, -0.1) is 0 Å². The molecule has 0 amide bonds. The Bertz CT molecular complexity index is 1700. The summed E-state index contributed by atoms with van der Waals surface area (Å²) in [5.41, 5.74) is 6.28. The molecule has 1 heterocycles. The van der Waals surface area contributed by atoms with Gasteiger partial charge in [0.1, 0.15) is 23.8 Å². The summed E-state index contributed by atoms with van der Waals surface area (Å²) in [5.74, 6) is -5.01. The van der Waals surface area contributed by atoms with Crippen LogP contribution in [0.3, 0.4) is 0 Å². The van der Waals surface area contributed by atoms with E-state index in [1.54, 1.807) is 84.9 Å². The quantitative estimate of drug-likeness (QED) is 0.213. The summed E-state index contributed by atoms with van der Waals surface area (Å²) in [6, 6.07) is 26.4. The molecule has 5 rings (SSSR count). The Morgan fingerprint density at radius 3 is 1.78 bits per heavy atom. The summed E-state index contributed by atoms with van der Waals surface area (Å²) >= 11 is 0. The third kappa shape index (κ3) is 6.77. The Hall–Kier alpha value is -4.75. The molecule has 1 saturated carbocycles. The number of ether oxygens (including phenoxy) is 3. The molecule has 0 bridgehead atoms. The third-order valence-electron chi connectivity index (χ3n) is 9.15. The lowest BCUT2D eigenvalue weighted by atomic mass is 9.73. The van der Waals surface area contributed by atoms with Crippen molar-refractivity contribution >= 4 is 29.5 Å². The van der Waals surface area contributed by atoms with Gasteiger partial charge in [0.15, 0.2) is 17.0 Å². The average molecular weight is 672 g/mol. The lowest BCUT2D eigenvalue weighted by Crippen LogP contribution is -2.69. The van der Waals surface area contributed by atoms with E-state index in [9.17, 15) is 24.0 Å². The van der Waals surface area contributed by atoms with Crippen LogP contribution in [-0.4, -0.2) is 71.1 Å². The predicted octanol–water partition coefficient (Wildman–Crippen LogP) is 2.60. The number of hydrogen-bond acceptors (Lipinski definition) is 12. The second-order valence-corrected chi connectivity index (χ2v) is 13.1.